The molecule has 0 unspecified atom stereocenters. The van der Waals surface area contributed by atoms with Crippen molar-refractivity contribution in [3.05, 3.63) is 0 Å². The van der Waals surface area contributed by atoms with Gasteiger partial charge in [-0.15, -0.1) is 0 Å². The number of hydrogen-bond donors (Lipinski definition) is 2. The second-order valence-corrected chi connectivity index (χ2v) is 4.65. The highest BCUT2D eigenvalue weighted by atomic mass is 16.1. The Balaban J connectivity index is 2.18. The maximum Gasteiger partial charge on any atom is 0.221 e. The van der Waals surface area contributed by atoms with Gasteiger partial charge in [-0.1, -0.05) is 6.92 Å². The Hall–Kier alpha value is -0.570. The molecule has 1 amide bonds. The summed E-state index contributed by atoms with van der Waals surface area (Å²) in [7, 11) is 0. The summed E-state index contributed by atoms with van der Waals surface area (Å²) in [6.45, 7) is 8.00. The fourth-order valence-electron chi connectivity index (χ4n) is 1.71. The van der Waals surface area contributed by atoms with Gasteiger partial charge in [-0.25, -0.2) is 0 Å². The topological polar surface area (TPSA) is 41.1 Å². The molecule has 0 bridgehead atoms. The molecule has 1 saturated carbocycles. The SMILES string of the molecule is CCNCCC(=O)NC(C)(C)C1CC1. The predicted octanol–water partition coefficient (Wildman–Crippen LogP) is 1.29. The third kappa shape index (κ3) is 3.66. The summed E-state index contributed by atoms with van der Waals surface area (Å²) in [6.07, 6.45) is 3.12. The van der Waals surface area contributed by atoms with Crippen LogP contribution in [0.2, 0.25) is 0 Å². The monoisotopic (exact) mass is 198 g/mol. The largest absolute Gasteiger partial charge is 0.351 e. The molecule has 1 aliphatic rings. The first-order chi connectivity index (χ1) is 6.56. The van der Waals surface area contributed by atoms with Crippen molar-refractivity contribution in [1.29, 1.82) is 0 Å². The van der Waals surface area contributed by atoms with Crippen LogP contribution < -0.4 is 10.6 Å². The Morgan fingerprint density at radius 3 is 2.57 bits per heavy atom. The van der Waals surface area contributed by atoms with Gasteiger partial charge in [0.2, 0.25) is 5.91 Å². The molecule has 0 aromatic heterocycles. The van der Waals surface area contributed by atoms with Crippen LogP contribution in [0, 0.1) is 5.92 Å². The molecule has 1 aliphatic carbocycles. The number of carbonyl (C=O) groups excluding carboxylic acids is 1. The van der Waals surface area contributed by atoms with Crippen molar-refractivity contribution in [2.24, 2.45) is 5.92 Å². The van der Waals surface area contributed by atoms with Crippen LogP contribution >= 0.6 is 0 Å². The van der Waals surface area contributed by atoms with Gasteiger partial charge >= 0.3 is 0 Å². The summed E-state index contributed by atoms with van der Waals surface area (Å²) in [4.78, 5) is 11.5. The maximum atomic E-state index is 11.5. The minimum atomic E-state index is 0.00327. The van der Waals surface area contributed by atoms with E-state index < -0.39 is 0 Å². The van der Waals surface area contributed by atoms with Gasteiger partial charge in [0.1, 0.15) is 0 Å². The number of rotatable bonds is 6. The van der Waals surface area contributed by atoms with Crippen LogP contribution in [-0.4, -0.2) is 24.5 Å². The van der Waals surface area contributed by atoms with Gasteiger partial charge in [-0.2, -0.15) is 0 Å². The second-order valence-electron chi connectivity index (χ2n) is 4.65. The lowest BCUT2D eigenvalue weighted by Crippen LogP contribution is -2.45. The Kier molecular flexibility index (Phi) is 3.93. The van der Waals surface area contributed by atoms with E-state index in [1.54, 1.807) is 0 Å². The van der Waals surface area contributed by atoms with Crippen LogP contribution in [0.4, 0.5) is 0 Å². The minimum Gasteiger partial charge on any atom is -0.351 e. The van der Waals surface area contributed by atoms with Gasteiger partial charge in [0, 0.05) is 18.5 Å². The summed E-state index contributed by atoms with van der Waals surface area (Å²) in [5, 5.41) is 6.25. The molecule has 0 spiro atoms. The standard InChI is InChI=1S/C11H22N2O/c1-4-12-8-7-10(14)13-11(2,3)9-5-6-9/h9,12H,4-8H2,1-3H3,(H,13,14). The summed E-state index contributed by atoms with van der Waals surface area (Å²) in [5.41, 5.74) is 0.00327. The average Bonchev–Trinajstić information content (AvgIpc) is 2.85. The third-order valence-electron chi connectivity index (χ3n) is 2.84. The Bertz CT molecular complexity index is 197. The van der Waals surface area contributed by atoms with Crippen LogP contribution in [-0.2, 0) is 4.79 Å². The lowest BCUT2D eigenvalue weighted by atomic mass is 9.98. The highest BCUT2D eigenvalue weighted by molar-refractivity contribution is 5.77. The van der Waals surface area contributed by atoms with E-state index in [1.165, 1.54) is 12.8 Å². The van der Waals surface area contributed by atoms with E-state index >= 15 is 0 Å². The fourth-order valence-corrected chi connectivity index (χ4v) is 1.71. The van der Waals surface area contributed by atoms with Crippen LogP contribution in [0.25, 0.3) is 0 Å². The van der Waals surface area contributed by atoms with Crippen molar-refractivity contribution in [3.8, 4) is 0 Å². The number of hydrogen-bond acceptors (Lipinski definition) is 2. The normalized spacial score (nSPS) is 16.8. The first-order valence-electron chi connectivity index (χ1n) is 5.58. The summed E-state index contributed by atoms with van der Waals surface area (Å²) >= 11 is 0. The van der Waals surface area contributed by atoms with E-state index in [-0.39, 0.29) is 11.4 Å². The summed E-state index contributed by atoms with van der Waals surface area (Å²) in [6, 6.07) is 0. The van der Waals surface area contributed by atoms with Crippen molar-refractivity contribution in [1.82, 2.24) is 10.6 Å². The zero-order chi connectivity index (χ0) is 10.6. The number of carbonyl (C=O) groups is 1. The van der Waals surface area contributed by atoms with Gasteiger partial charge in [-0.3, -0.25) is 4.79 Å². The smallest absolute Gasteiger partial charge is 0.221 e. The molecule has 82 valence electrons. The highest BCUT2D eigenvalue weighted by Crippen LogP contribution is 2.39. The molecule has 3 nitrogen and oxygen atoms in total. The predicted molar refractivity (Wildman–Crippen MR) is 58.1 cm³/mol. The van der Waals surface area contributed by atoms with Crippen molar-refractivity contribution in [2.75, 3.05) is 13.1 Å². The van der Waals surface area contributed by atoms with Gasteiger partial charge in [0.25, 0.3) is 0 Å². The van der Waals surface area contributed by atoms with Crippen molar-refractivity contribution < 1.29 is 4.79 Å². The first kappa shape index (κ1) is 11.5. The quantitative estimate of drug-likeness (QED) is 0.631. The number of amides is 1. The van der Waals surface area contributed by atoms with E-state index in [0.717, 1.165) is 13.1 Å². The van der Waals surface area contributed by atoms with Gasteiger partial charge in [-0.05, 0) is 39.2 Å². The Morgan fingerprint density at radius 1 is 1.43 bits per heavy atom. The van der Waals surface area contributed by atoms with E-state index in [9.17, 15) is 4.79 Å². The second kappa shape index (κ2) is 4.78. The summed E-state index contributed by atoms with van der Waals surface area (Å²) < 4.78 is 0. The lowest BCUT2D eigenvalue weighted by molar-refractivity contribution is -0.122. The van der Waals surface area contributed by atoms with E-state index in [1.807, 2.05) is 6.92 Å². The average molecular weight is 198 g/mol. The third-order valence-corrected chi connectivity index (χ3v) is 2.84. The maximum absolute atomic E-state index is 11.5. The molecule has 0 saturated heterocycles. The number of nitrogens with one attached hydrogen (secondary N) is 2. The minimum absolute atomic E-state index is 0.00327. The molecule has 3 heteroatoms. The van der Waals surface area contributed by atoms with Crippen LogP contribution in [0.3, 0.4) is 0 Å². The zero-order valence-corrected chi connectivity index (χ0v) is 9.52. The molecule has 0 aromatic rings. The van der Waals surface area contributed by atoms with Crippen LogP contribution in [0.15, 0.2) is 0 Å². The molecular formula is C11H22N2O. The Morgan fingerprint density at radius 2 is 2.07 bits per heavy atom. The molecule has 2 N–H and O–H groups in total. The lowest BCUT2D eigenvalue weighted by Gasteiger charge is -2.26. The van der Waals surface area contributed by atoms with E-state index in [4.69, 9.17) is 0 Å². The fraction of sp³-hybridized carbons (Fsp3) is 0.909. The van der Waals surface area contributed by atoms with Crippen molar-refractivity contribution >= 4 is 5.91 Å². The van der Waals surface area contributed by atoms with Gasteiger partial charge in [0.15, 0.2) is 0 Å². The molecule has 14 heavy (non-hydrogen) atoms. The van der Waals surface area contributed by atoms with Crippen LogP contribution in [0.1, 0.15) is 40.0 Å². The summed E-state index contributed by atoms with van der Waals surface area (Å²) in [5.74, 6) is 0.869. The van der Waals surface area contributed by atoms with Crippen molar-refractivity contribution in [3.63, 3.8) is 0 Å². The molecular weight excluding hydrogens is 176 g/mol. The molecule has 0 radical (unpaired) electrons. The van der Waals surface area contributed by atoms with Gasteiger partial charge < -0.3 is 10.6 Å². The molecule has 1 fully saturated rings. The molecule has 0 aliphatic heterocycles. The Labute approximate surface area is 86.6 Å². The zero-order valence-electron chi connectivity index (χ0n) is 9.52. The highest BCUT2D eigenvalue weighted by Gasteiger charge is 2.38. The van der Waals surface area contributed by atoms with E-state index in [2.05, 4.69) is 24.5 Å². The van der Waals surface area contributed by atoms with Crippen molar-refractivity contribution in [2.45, 2.75) is 45.6 Å². The molecule has 0 heterocycles. The molecule has 0 aromatic carbocycles. The van der Waals surface area contributed by atoms with Crippen LogP contribution in [0.5, 0.6) is 0 Å². The molecule has 1 rings (SSSR count). The van der Waals surface area contributed by atoms with Gasteiger partial charge in [0.05, 0.1) is 0 Å². The molecule has 0 atom stereocenters. The van der Waals surface area contributed by atoms with E-state index in [0.29, 0.717) is 12.3 Å². The first-order valence-corrected chi connectivity index (χ1v) is 5.58.